The van der Waals surface area contributed by atoms with Crippen molar-refractivity contribution in [3.05, 3.63) is 115 Å². The van der Waals surface area contributed by atoms with Crippen molar-refractivity contribution >= 4 is 21.8 Å². The molecule has 0 aliphatic rings. The van der Waals surface area contributed by atoms with Crippen molar-refractivity contribution in [3.8, 4) is 22.8 Å². The van der Waals surface area contributed by atoms with Gasteiger partial charge in [0, 0.05) is 40.1 Å². The first kappa shape index (κ1) is 18.6. The van der Waals surface area contributed by atoms with Crippen LogP contribution in [-0.2, 0) is 0 Å². The largest absolute Gasteiger partial charge is 0.309 e. The molecule has 0 saturated heterocycles. The molecule has 0 amide bonds. The number of nitrogens with zero attached hydrogens (tertiary/aromatic N) is 3. The number of fused-ring (bicyclic) bond motifs is 3. The van der Waals surface area contributed by atoms with Crippen LogP contribution in [0.25, 0.3) is 44.6 Å². The highest BCUT2D eigenvalue weighted by atomic mass is 15.1. The van der Waals surface area contributed by atoms with Gasteiger partial charge in [-0.3, -0.25) is 4.57 Å². The lowest BCUT2D eigenvalue weighted by atomic mass is 10.1. The molecular weight excluding hydrogens is 390 g/mol. The maximum atomic E-state index is 4.67. The molecule has 0 saturated carbocycles. The van der Waals surface area contributed by atoms with Crippen LogP contribution in [-0.4, -0.2) is 14.1 Å². The first-order chi connectivity index (χ1) is 15.7. The molecule has 0 fully saturated rings. The van der Waals surface area contributed by atoms with E-state index in [1.54, 1.807) is 0 Å². The summed E-state index contributed by atoms with van der Waals surface area (Å²) in [6.45, 7) is 4.27. The summed E-state index contributed by atoms with van der Waals surface area (Å²) in [7, 11) is 0. The van der Waals surface area contributed by atoms with E-state index in [4.69, 9.17) is 0 Å². The molecule has 0 radical (unpaired) electrons. The van der Waals surface area contributed by atoms with Gasteiger partial charge >= 0.3 is 0 Å². The van der Waals surface area contributed by atoms with E-state index in [-0.39, 0.29) is 0 Å². The minimum Gasteiger partial charge on any atom is -0.309 e. The Labute approximate surface area is 187 Å². The number of aryl methyl sites for hydroxylation is 2. The first-order valence-corrected chi connectivity index (χ1v) is 10.9. The van der Waals surface area contributed by atoms with Crippen LogP contribution in [0.1, 0.15) is 11.1 Å². The van der Waals surface area contributed by atoms with Gasteiger partial charge in [0.1, 0.15) is 5.82 Å². The SMILES string of the molecule is Cc1cc(C)cc(-n2ccnc2-c2ccc(-n3c4ccccc4c4ccccc43)cc2)c1. The number of imidazole rings is 1. The van der Waals surface area contributed by atoms with Gasteiger partial charge in [0.25, 0.3) is 0 Å². The number of aromatic nitrogens is 3. The Morgan fingerprint density at radius 3 is 1.84 bits per heavy atom. The van der Waals surface area contributed by atoms with Gasteiger partial charge < -0.3 is 4.57 Å². The fraction of sp³-hybridized carbons (Fsp3) is 0.0690. The summed E-state index contributed by atoms with van der Waals surface area (Å²) < 4.78 is 4.50. The molecule has 6 aromatic rings. The van der Waals surface area contributed by atoms with Crippen LogP contribution >= 0.6 is 0 Å². The molecule has 3 heteroatoms. The lowest BCUT2D eigenvalue weighted by Gasteiger charge is -2.12. The topological polar surface area (TPSA) is 22.8 Å². The molecule has 2 aromatic heterocycles. The van der Waals surface area contributed by atoms with Crippen LogP contribution in [0.15, 0.2) is 103 Å². The summed E-state index contributed by atoms with van der Waals surface area (Å²) in [5.41, 5.74) is 8.33. The van der Waals surface area contributed by atoms with E-state index in [1.165, 1.54) is 32.9 Å². The molecule has 0 spiro atoms. The maximum absolute atomic E-state index is 4.67. The van der Waals surface area contributed by atoms with Crippen molar-refractivity contribution in [3.63, 3.8) is 0 Å². The number of hydrogen-bond acceptors (Lipinski definition) is 1. The van der Waals surface area contributed by atoms with E-state index in [0.717, 1.165) is 22.8 Å². The normalized spacial score (nSPS) is 11.4. The van der Waals surface area contributed by atoms with Gasteiger partial charge in [-0.1, -0.05) is 42.5 Å². The second kappa shape index (κ2) is 7.24. The van der Waals surface area contributed by atoms with Crippen LogP contribution in [0.2, 0.25) is 0 Å². The van der Waals surface area contributed by atoms with Crippen LogP contribution in [0.3, 0.4) is 0 Å². The zero-order chi connectivity index (χ0) is 21.7. The Morgan fingerprint density at radius 1 is 0.625 bits per heavy atom. The Bertz CT molecular complexity index is 1510. The zero-order valence-corrected chi connectivity index (χ0v) is 18.2. The van der Waals surface area contributed by atoms with Crippen molar-refractivity contribution in [2.24, 2.45) is 0 Å². The molecule has 0 N–H and O–H groups in total. The summed E-state index contributed by atoms with van der Waals surface area (Å²) >= 11 is 0. The van der Waals surface area contributed by atoms with Crippen molar-refractivity contribution in [1.82, 2.24) is 14.1 Å². The average Bonchev–Trinajstić information content (AvgIpc) is 3.42. The third-order valence-corrected chi connectivity index (χ3v) is 6.09. The highest BCUT2D eigenvalue weighted by Crippen LogP contribution is 2.32. The molecule has 32 heavy (non-hydrogen) atoms. The molecule has 154 valence electrons. The van der Waals surface area contributed by atoms with Crippen LogP contribution in [0.4, 0.5) is 0 Å². The fourth-order valence-corrected chi connectivity index (χ4v) is 4.78. The van der Waals surface area contributed by atoms with Crippen molar-refractivity contribution in [2.45, 2.75) is 13.8 Å². The quantitative estimate of drug-likeness (QED) is 0.299. The van der Waals surface area contributed by atoms with E-state index in [2.05, 4.69) is 119 Å². The molecular formula is C29H23N3. The van der Waals surface area contributed by atoms with Gasteiger partial charge in [0.2, 0.25) is 0 Å². The predicted molar refractivity (Wildman–Crippen MR) is 133 cm³/mol. The summed E-state index contributed by atoms with van der Waals surface area (Å²) in [6, 6.07) is 32.5. The van der Waals surface area contributed by atoms with Crippen LogP contribution in [0.5, 0.6) is 0 Å². The fourth-order valence-electron chi connectivity index (χ4n) is 4.78. The number of rotatable bonds is 3. The molecule has 0 aliphatic heterocycles. The van der Waals surface area contributed by atoms with E-state index >= 15 is 0 Å². The minimum absolute atomic E-state index is 0.948. The molecule has 6 rings (SSSR count). The predicted octanol–water partition coefficient (Wildman–Crippen LogP) is 7.25. The van der Waals surface area contributed by atoms with Crippen molar-refractivity contribution in [2.75, 3.05) is 0 Å². The molecule has 0 atom stereocenters. The average molecular weight is 414 g/mol. The summed E-state index contributed by atoms with van der Waals surface area (Å²) in [4.78, 5) is 4.67. The zero-order valence-electron chi connectivity index (χ0n) is 18.2. The number of benzene rings is 4. The van der Waals surface area contributed by atoms with Gasteiger partial charge in [-0.05, 0) is 73.5 Å². The lowest BCUT2D eigenvalue weighted by molar-refractivity contribution is 1.06. The van der Waals surface area contributed by atoms with Gasteiger partial charge in [-0.2, -0.15) is 0 Å². The van der Waals surface area contributed by atoms with Gasteiger partial charge in [-0.15, -0.1) is 0 Å². The molecule has 2 heterocycles. The Kier molecular flexibility index (Phi) is 4.22. The van der Waals surface area contributed by atoms with E-state index in [1.807, 2.05) is 12.4 Å². The highest BCUT2D eigenvalue weighted by Gasteiger charge is 2.13. The van der Waals surface area contributed by atoms with Gasteiger partial charge in [0.05, 0.1) is 11.0 Å². The van der Waals surface area contributed by atoms with Crippen LogP contribution < -0.4 is 0 Å². The van der Waals surface area contributed by atoms with E-state index in [9.17, 15) is 0 Å². The lowest BCUT2D eigenvalue weighted by Crippen LogP contribution is -1.98. The summed E-state index contributed by atoms with van der Waals surface area (Å²) in [5, 5.41) is 2.55. The van der Waals surface area contributed by atoms with Gasteiger partial charge in [0.15, 0.2) is 0 Å². The van der Waals surface area contributed by atoms with E-state index in [0.29, 0.717) is 0 Å². The maximum Gasteiger partial charge on any atom is 0.144 e. The second-order valence-electron chi connectivity index (χ2n) is 8.38. The summed E-state index contributed by atoms with van der Waals surface area (Å²) in [6.07, 6.45) is 3.90. The Balaban J connectivity index is 1.47. The molecule has 3 nitrogen and oxygen atoms in total. The molecule has 0 unspecified atom stereocenters. The standard InChI is InChI=1S/C29H23N3/c1-20-17-21(2)19-24(18-20)31-16-15-30-29(31)22-11-13-23(14-12-22)32-27-9-5-3-7-25(27)26-8-4-6-10-28(26)32/h3-19H,1-2H3. The highest BCUT2D eigenvalue weighted by molar-refractivity contribution is 6.09. The third-order valence-electron chi connectivity index (χ3n) is 6.09. The van der Waals surface area contributed by atoms with Crippen LogP contribution in [0, 0.1) is 13.8 Å². The summed E-state index contributed by atoms with van der Waals surface area (Å²) in [5.74, 6) is 0.948. The second-order valence-corrected chi connectivity index (χ2v) is 8.38. The third kappa shape index (κ3) is 2.94. The van der Waals surface area contributed by atoms with Crippen molar-refractivity contribution < 1.29 is 0 Å². The smallest absolute Gasteiger partial charge is 0.144 e. The van der Waals surface area contributed by atoms with Gasteiger partial charge in [-0.25, -0.2) is 4.98 Å². The minimum atomic E-state index is 0.948. The Hall–Kier alpha value is -4.11. The number of hydrogen-bond donors (Lipinski definition) is 0. The van der Waals surface area contributed by atoms with E-state index < -0.39 is 0 Å². The molecule has 0 aliphatic carbocycles. The monoisotopic (exact) mass is 413 g/mol. The first-order valence-electron chi connectivity index (χ1n) is 10.9. The number of para-hydroxylation sites is 2. The molecule has 0 bridgehead atoms. The Morgan fingerprint density at radius 2 is 1.22 bits per heavy atom. The molecule has 4 aromatic carbocycles. The van der Waals surface area contributed by atoms with Crippen molar-refractivity contribution in [1.29, 1.82) is 0 Å².